The van der Waals surface area contributed by atoms with E-state index in [0.29, 0.717) is 43.1 Å². The van der Waals surface area contributed by atoms with E-state index >= 15 is 0 Å². The van der Waals surface area contributed by atoms with Crippen LogP contribution in [0.1, 0.15) is 18.9 Å². The van der Waals surface area contributed by atoms with Crippen LogP contribution >= 0.6 is 0 Å². The number of benzene rings is 1. The first-order valence-electron chi connectivity index (χ1n) is 8.20. The number of piperazine rings is 1. The van der Waals surface area contributed by atoms with Crippen molar-refractivity contribution < 1.29 is 18.7 Å². The minimum absolute atomic E-state index is 0.0782. The summed E-state index contributed by atoms with van der Waals surface area (Å²) in [4.78, 5) is 14.2. The summed E-state index contributed by atoms with van der Waals surface area (Å²) in [5, 5.41) is 3.23. The van der Waals surface area contributed by atoms with Gasteiger partial charge < -0.3 is 19.7 Å². The fourth-order valence-electron chi connectivity index (χ4n) is 3.05. The smallest absolute Gasteiger partial charge is 0.222 e. The van der Waals surface area contributed by atoms with Gasteiger partial charge in [-0.25, -0.2) is 4.39 Å². The molecule has 3 rings (SSSR count). The molecule has 0 radical (unpaired) electrons. The van der Waals surface area contributed by atoms with E-state index in [-0.39, 0.29) is 17.6 Å². The largest absolute Gasteiger partial charge is 0.486 e. The molecule has 23 heavy (non-hydrogen) atoms. The second-order valence-electron chi connectivity index (χ2n) is 6.23. The standard InChI is InChI=1S/C17H23FN2O3/c1-12(9-17(21)20-4-2-19-3-5-20)8-13-10-15-16(11-14(13)18)23-7-6-22-15/h10-12,19H,2-9H2,1H3. The maximum Gasteiger partial charge on any atom is 0.222 e. The van der Waals surface area contributed by atoms with Gasteiger partial charge in [0, 0.05) is 38.7 Å². The highest BCUT2D eigenvalue weighted by Gasteiger charge is 2.21. The average molecular weight is 322 g/mol. The van der Waals surface area contributed by atoms with Crippen molar-refractivity contribution in [2.45, 2.75) is 19.8 Å². The van der Waals surface area contributed by atoms with Gasteiger partial charge in [-0.3, -0.25) is 4.79 Å². The molecule has 6 heteroatoms. The SMILES string of the molecule is CC(CC(=O)N1CCNCC1)Cc1cc2c(cc1F)OCCO2. The highest BCUT2D eigenvalue weighted by molar-refractivity contribution is 5.76. The molecule has 0 spiro atoms. The van der Waals surface area contributed by atoms with E-state index in [1.165, 1.54) is 6.07 Å². The van der Waals surface area contributed by atoms with Crippen molar-refractivity contribution in [2.24, 2.45) is 5.92 Å². The number of nitrogens with one attached hydrogen (secondary N) is 1. The molecule has 1 N–H and O–H groups in total. The summed E-state index contributed by atoms with van der Waals surface area (Å²) in [5.41, 5.74) is 0.579. The van der Waals surface area contributed by atoms with Crippen LogP contribution in [0.5, 0.6) is 11.5 Å². The quantitative estimate of drug-likeness (QED) is 0.915. The molecular formula is C17H23FN2O3. The third-order valence-corrected chi connectivity index (χ3v) is 4.27. The first-order chi connectivity index (χ1) is 11.1. The monoisotopic (exact) mass is 322 g/mol. The van der Waals surface area contributed by atoms with Crippen molar-refractivity contribution in [1.29, 1.82) is 0 Å². The molecule has 5 nitrogen and oxygen atoms in total. The maximum atomic E-state index is 14.2. The molecule has 2 heterocycles. The van der Waals surface area contributed by atoms with Gasteiger partial charge in [0.25, 0.3) is 0 Å². The van der Waals surface area contributed by atoms with Crippen LogP contribution < -0.4 is 14.8 Å². The minimum atomic E-state index is -0.296. The zero-order valence-electron chi connectivity index (χ0n) is 13.4. The minimum Gasteiger partial charge on any atom is -0.486 e. The molecular weight excluding hydrogens is 299 g/mol. The van der Waals surface area contributed by atoms with Crippen LogP contribution in [0.15, 0.2) is 12.1 Å². The number of rotatable bonds is 4. The predicted octanol–water partition coefficient (Wildman–Crippen LogP) is 1.60. The Morgan fingerprint density at radius 3 is 2.61 bits per heavy atom. The van der Waals surface area contributed by atoms with Crippen molar-refractivity contribution in [3.8, 4) is 11.5 Å². The molecule has 0 saturated carbocycles. The van der Waals surface area contributed by atoms with Crippen LogP contribution in [0.4, 0.5) is 4.39 Å². The van der Waals surface area contributed by atoms with E-state index in [0.717, 1.165) is 26.2 Å². The van der Waals surface area contributed by atoms with Crippen molar-refractivity contribution >= 4 is 5.91 Å². The molecule has 0 aliphatic carbocycles. The summed E-state index contributed by atoms with van der Waals surface area (Å²) in [6.07, 6.45) is 0.953. The Morgan fingerprint density at radius 1 is 1.26 bits per heavy atom. The number of carbonyl (C=O) groups excluding carboxylic acids is 1. The molecule has 2 aliphatic heterocycles. The van der Waals surface area contributed by atoms with Gasteiger partial charge in [-0.05, 0) is 24.0 Å². The summed E-state index contributed by atoms with van der Waals surface area (Å²) >= 11 is 0. The fraction of sp³-hybridized carbons (Fsp3) is 0.588. The summed E-state index contributed by atoms with van der Waals surface area (Å²) < 4.78 is 25.1. The van der Waals surface area contributed by atoms with Gasteiger partial charge in [-0.1, -0.05) is 6.92 Å². The van der Waals surface area contributed by atoms with Crippen molar-refractivity contribution in [3.05, 3.63) is 23.5 Å². The summed E-state index contributed by atoms with van der Waals surface area (Å²) in [6.45, 7) is 6.11. The van der Waals surface area contributed by atoms with Gasteiger partial charge in [-0.2, -0.15) is 0 Å². The lowest BCUT2D eigenvalue weighted by Gasteiger charge is -2.28. The van der Waals surface area contributed by atoms with Crippen molar-refractivity contribution in [1.82, 2.24) is 10.2 Å². The van der Waals surface area contributed by atoms with Gasteiger partial charge in [-0.15, -0.1) is 0 Å². The van der Waals surface area contributed by atoms with Crippen LogP contribution in [0.3, 0.4) is 0 Å². The predicted molar refractivity (Wildman–Crippen MR) is 84.3 cm³/mol. The Balaban J connectivity index is 1.61. The van der Waals surface area contributed by atoms with Crippen LogP contribution in [0.25, 0.3) is 0 Å². The van der Waals surface area contributed by atoms with Crippen molar-refractivity contribution in [2.75, 3.05) is 39.4 Å². The van der Waals surface area contributed by atoms with Gasteiger partial charge in [0.05, 0.1) is 0 Å². The zero-order valence-corrected chi connectivity index (χ0v) is 13.4. The molecule has 2 aliphatic rings. The summed E-state index contributed by atoms with van der Waals surface area (Å²) in [7, 11) is 0. The Labute approximate surface area is 135 Å². The number of fused-ring (bicyclic) bond motifs is 1. The van der Waals surface area contributed by atoms with E-state index in [2.05, 4.69) is 5.32 Å². The van der Waals surface area contributed by atoms with Crippen LogP contribution in [-0.4, -0.2) is 50.2 Å². The third kappa shape index (κ3) is 3.93. The van der Waals surface area contributed by atoms with E-state index in [1.807, 2.05) is 11.8 Å². The lowest BCUT2D eigenvalue weighted by Crippen LogP contribution is -2.46. The molecule has 1 fully saturated rings. The first-order valence-corrected chi connectivity index (χ1v) is 8.20. The Morgan fingerprint density at radius 2 is 1.91 bits per heavy atom. The normalized spacial score (nSPS) is 18.6. The number of hydrogen-bond donors (Lipinski definition) is 1. The number of halogens is 1. The van der Waals surface area contributed by atoms with Crippen LogP contribution in [-0.2, 0) is 11.2 Å². The van der Waals surface area contributed by atoms with E-state index in [9.17, 15) is 9.18 Å². The Bertz CT molecular complexity index is 573. The highest BCUT2D eigenvalue weighted by Crippen LogP contribution is 2.33. The number of amides is 1. The molecule has 0 bridgehead atoms. The number of hydrogen-bond acceptors (Lipinski definition) is 4. The topological polar surface area (TPSA) is 50.8 Å². The zero-order chi connectivity index (χ0) is 16.2. The summed E-state index contributed by atoms with van der Waals surface area (Å²) in [6, 6.07) is 3.09. The number of ether oxygens (including phenoxy) is 2. The van der Waals surface area contributed by atoms with Crippen LogP contribution in [0, 0.1) is 11.7 Å². The average Bonchev–Trinajstić information content (AvgIpc) is 2.56. The molecule has 126 valence electrons. The number of nitrogens with zero attached hydrogens (tertiary/aromatic N) is 1. The molecule has 1 amide bonds. The molecule has 1 aromatic rings. The van der Waals surface area contributed by atoms with Gasteiger partial charge in [0.1, 0.15) is 19.0 Å². The Kier molecular flexibility index (Phi) is 5.00. The van der Waals surface area contributed by atoms with Gasteiger partial charge in [0.15, 0.2) is 11.5 Å². The van der Waals surface area contributed by atoms with E-state index in [4.69, 9.17) is 9.47 Å². The molecule has 1 aromatic carbocycles. The maximum absolute atomic E-state index is 14.2. The van der Waals surface area contributed by atoms with Gasteiger partial charge >= 0.3 is 0 Å². The molecule has 1 unspecified atom stereocenters. The molecule has 1 atom stereocenters. The van der Waals surface area contributed by atoms with Gasteiger partial charge in [0.2, 0.25) is 5.91 Å². The Hall–Kier alpha value is -1.82. The first kappa shape index (κ1) is 16.1. The third-order valence-electron chi connectivity index (χ3n) is 4.27. The summed E-state index contributed by atoms with van der Waals surface area (Å²) in [5.74, 6) is 0.984. The van der Waals surface area contributed by atoms with E-state index in [1.54, 1.807) is 6.07 Å². The molecule has 1 saturated heterocycles. The number of carbonyl (C=O) groups is 1. The van der Waals surface area contributed by atoms with Crippen LogP contribution in [0.2, 0.25) is 0 Å². The van der Waals surface area contributed by atoms with Crippen molar-refractivity contribution in [3.63, 3.8) is 0 Å². The lowest BCUT2D eigenvalue weighted by atomic mass is 9.96. The second-order valence-corrected chi connectivity index (χ2v) is 6.23. The lowest BCUT2D eigenvalue weighted by molar-refractivity contribution is -0.132. The van der Waals surface area contributed by atoms with E-state index < -0.39 is 0 Å². The highest BCUT2D eigenvalue weighted by atomic mass is 19.1. The fourth-order valence-corrected chi connectivity index (χ4v) is 3.05. The molecule has 0 aromatic heterocycles. The second kappa shape index (κ2) is 7.17.